The molecule has 30 heavy (non-hydrogen) atoms. The van der Waals surface area contributed by atoms with Crippen molar-refractivity contribution in [2.75, 3.05) is 25.5 Å². The van der Waals surface area contributed by atoms with Gasteiger partial charge in [0.05, 0.1) is 7.11 Å². The average molecular weight is 402 g/mol. The Morgan fingerprint density at radius 3 is 2.57 bits per heavy atom. The summed E-state index contributed by atoms with van der Waals surface area (Å²) in [5.41, 5.74) is 3.42. The second-order valence-corrected chi connectivity index (χ2v) is 7.73. The zero-order valence-electron chi connectivity index (χ0n) is 17.3. The number of anilines is 2. The highest BCUT2D eigenvalue weighted by Gasteiger charge is 2.22. The third kappa shape index (κ3) is 4.59. The molecule has 1 atom stereocenters. The molecular weight excluding hydrogens is 376 g/mol. The van der Waals surface area contributed by atoms with Gasteiger partial charge in [-0.1, -0.05) is 25.1 Å². The van der Waals surface area contributed by atoms with Crippen LogP contribution in [0.4, 0.5) is 11.6 Å². The summed E-state index contributed by atoms with van der Waals surface area (Å²) in [5, 5.41) is 3.19. The van der Waals surface area contributed by atoms with Gasteiger partial charge in [0.15, 0.2) is 0 Å². The summed E-state index contributed by atoms with van der Waals surface area (Å²) < 4.78 is 5.19. The third-order valence-electron chi connectivity index (χ3n) is 5.39. The Morgan fingerprint density at radius 2 is 1.87 bits per heavy atom. The van der Waals surface area contributed by atoms with Crippen LogP contribution >= 0.6 is 0 Å². The first kappa shape index (κ1) is 19.9. The van der Waals surface area contributed by atoms with Crippen LogP contribution in [0.3, 0.4) is 0 Å². The minimum Gasteiger partial charge on any atom is -0.497 e. The molecule has 6 heteroatoms. The van der Waals surface area contributed by atoms with E-state index in [4.69, 9.17) is 4.74 Å². The average Bonchev–Trinajstić information content (AvgIpc) is 2.79. The van der Waals surface area contributed by atoms with Gasteiger partial charge in [-0.2, -0.15) is 0 Å². The Balaban J connectivity index is 1.45. The van der Waals surface area contributed by atoms with Crippen LogP contribution in [0.2, 0.25) is 0 Å². The highest BCUT2D eigenvalue weighted by molar-refractivity contribution is 5.95. The van der Waals surface area contributed by atoms with Gasteiger partial charge in [0.2, 0.25) is 5.95 Å². The van der Waals surface area contributed by atoms with Crippen molar-refractivity contribution in [3.05, 3.63) is 66.5 Å². The Bertz CT molecular complexity index is 1000. The molecule has 3 aromatic rings. The topological polar surface area (TPSA) is 67.3 Å². The lowest BCUT2D eigenvalue weighted by molar-refractivity contribution is 0.0683. The molecule has 2 aromatic carbocycles. The molecule has 0 aliphatic carbocycles. The number of benzene rings is 2. The number of piperidine rings is 1. The fourth-order valence-electron chi connectivity index (χ4n) is 3.74. The lowest BCUT2D eigenvalue weighted by Gasteiger charge is -2.31. The van der Waals surface area contributed by atoms with Crippen molar-refractivity contribution in [2.45, 2.75) is 19.8 Å². The van der Waals surface area contributed by atoms with Crippen molar-refractivity contribution in [1.29, 1.82) is 0 Å². The van der Waals surface area contributed by atoms with Crippen molar-refractivity contribution in [3.63, 3.8) is 0 Å². The first-order valence-electron chi connectivity index (χ1n) is 10.3. The van der Waals surface area contributed by atoms with Crippen molar-refractivity contribution >= 4 is 17.5 Å². The number of nitrogens with zero attached hydrogens (tertiary/aromatic N) is 3. The molecule has 0 saturated carbocycles. The highest BCUT2D eigenvalue weighted by Crippen LogP contribution is 2.23. The van der Waals surface area contributed by atoms with Crippen LogP contribution in [0.1, 0.15) is 30.1 Å². The second-order valence-electron chi connectivity index (χ2n) is 7.73. The first-order valence-corrected chi connectivity index (χ1v) is 10.3. The van der Waals surface area contributed by atoms with Gasteiger partial charge in [-0.15, -0.1) is 0 Å². The van der Waals surface area contributed by atoms with Gasteiger partial charge in [0.25, 0.3) is 5.91 Å². The van der Waals surface area contributed by atoms with E-state index >= 15 is 0 Å². The van der Waals surface area contributed by atoms with Gasteiger partial charge in [-0.25, -0.2) is 9.97 Å². The van der Waals surface area contributed by atoms with Crippen molar-refractivity contribution in [3.8, 4) is 16.9 Å². The fourth-order valence-corrected chi connectivity index (χ4v) is 3.74. The van der Waals surface area contributed by atoms with Gasteiger partial charge in [-0.3, -0.25) is 4.79 Å². The Hall–Kier alpha value is -3.41. The number of methoxy groups -OCH3 is 1. The van der Waals surface area contributed by atoms with Gasteiger partial charge >= 0.3 is 0 Å². The number of aromatic nitrogens is 2. The number of carbonyl (C=O) groups excluding carboxylic acids is 1. The van der Waals surface area contributed by atoms with Crippen LogP contribution in [0.25, 0.3) is 11.1 Å². The lowest BCUT2D eigenvalue weighted by Crippen LogP contribution is -2.39. The van der Waals surface area contributed by atoms with Gasteiger partial charge < -0.3 is 15.0 Å². The molecule has 4 rings (SSSR count). The summed E-state index contributed by atoms with van der Waals surface area (Å²) in [7, 11) is 1.65. The normalized spacial score (nSPS) is 16.2. The largest absolute Gasteiger partial charge is 0.497 e. The Morgan fingerprint density at radius 1 is 1.10 bits per heavy atom. The summed E-state index contributed by atoms with van der Waals surface area (Å²) in [6.07, 6.45) is 5.82. The standard InChI is InChI=1S/C24H26N4O2/c1-17-5-4-12-28(16-17)23(29)19-6-3-7-21(13-19)27-24-25-14-20(15-26-24)18-8-10-22(30-2)11-9-18/h3,6-11,13-15,17H,4-5,12,16H2,1-2H3,(H,25,26,27). The molecule has 154 valence electrons. The smallest absolute Gasteiger partial charge is 0.253 e. The molecule has 0 bridgehead atoms. The van der Waals surface area contributed by atoms with E-state index in [-0.39, 0.29) is 5.91 Å². The van der Waals surface area contributed by atoms with Gasteiger partial charge in [0.1, 0.15) is 5.75 Å². The van der Waals surface area contributed by atoms with Crippen LogP contribution in [-0.2, 0) is 0 Å². The number of amides is 1. The molecule has 1 aliphatic heterocycles. The van der Waals surface area contributed by atoms with E-state index in [1.807, 2.05) is 53.4 Å². The van der Waals surface area contributed by atoms with Crippen LogP contribution in [-0.4, -0.2) is 41.0 Å². The minimum absolute atomic E-state index is 0.0842. The van der Waals surface area contributed by atoms with Crippen LogP contribution in [0, 0.1) is 5.92 Å². The molecule has 6 nitrogen and oxygen atoms in total. The number of rotatable bonds is 5. The molecule has 1 N–H and O–H groups in total. The third-order valence-corrected chi connectivity index (χ3v) is 5.39. The van der Waals surface area contributed by atoms with E-state index in [0.717, 1.165) is 42.1 Å². The quantitative estimate of drug-likeness (QED) is 0.666. The van der Waals surface area contributed by atoms with E-state index in [1.54, 1.807) is 19.5 Å². The van der Waals surface area contributed by atoms with E-state index in [0.29, 0.717) is 17.4 Å². The maximum atomic E-state index is 12.9. The van der Waals surface area contributed by atoms with E-state index in [9.17, 15) is 4.79 Å². The number of hydrogen-bond acceptors (Lipinski definition) is 5. The van der Waals surface area contributed by atoms with E-state index < -0.39 is 0 Å². The molecule has 0 spiro atoms. The maximum Gasteiger partial charge on any atom is 0.253 e. The van der Waals surface area contributed by atoms with Gasteiger partial charge in [0, 0.05) is 42.3 Å². The maximum absolute atomic E-state index is 12.9. The molecule has 1 aromatic heterocycles. The Kier molecular flexibility index (Phi) is 5.93. The number of nitrogens with one attached hydrogen (secondary N) is 1. The molecule has 1 aliphatic rings. The van der Waals surface area contributed by atoms with Crippen LogP contribution in [0.5, 0.6) is 5.75 Å². The molecule has 1 amide bonds. The molecule has 1 saturated heterocycles. The minimum atomic E-state index is 0.0842. The zero-order chi connectivity index (χ0) is 20.9. The lowest BCUT2D eigenvalue weighted by atomic mass is 9.99. The summed E-state index contributed by atoms with van der Waals surface area (Å²) in [5.74, 6) is 1.94. The number of carbonyl (C=O) groups is 1. The zero-order valence-corrected chi connectivity index (χ0v) is 17.3. The molecular formula is C24H26N4O2. The summed E-state index contributed by atoms with van der Waals surface area (Å²) in [6.45, 7) is 3.85. The first-order chi connectivity index (χ1) is 14.6. The van der Waals surface area contributed by atoms with E-state index in [1.165, 1.54) is 6.42 Å². The molecule has 0 radical (unpaired) electrons. The van der Waals surface area contributed by atoms with Crippen molar-refractivity contribution < 1.29 is 9.53 Å². The number of hydrogen-bond donors (Lipinski definition) is 1. The number of ether oxygens (including phenoxy) is 1. The SMILES string of the molecule is COc1ccc(-c2cnc(Nc3cccc(C(=O)N4CCCC(C)C4)c3)nc2)cc1. The van der Waals surface area contributed by atoms with Crippen LogP contribution < -0.4 is 10.1 Å². The number of likely N-dealkylation sites (tertiary alicyclic amines) is 1. The molecule has 1 unspecified atom stereocenters. The Labute approximate surface area is 176 Å². The predicted octanol–water partition coefficient (Wildman–Crippen LogP) is 4.77. The fraction of sp³-hybridized carbons (Fsp3) is 0.292. The highest BCUT2D eigenvalue weighted by atomic mass is 16.5. The van der Waals surface area contributed by atoms with Crippen LogP contribution in [0.15, 0.2) is 60.9 Å². The second kappa shape index (κ2) is 8.95. The summed E-state index contributed by atoms with van der Waals surface area (Å²) >= 11 is 0. The molecule has 1 fully saturated rings. The van der Waals surface area contributed by atoms with Crippen molar-refractivity contribution in [2.24, 2.45) is 5.92 Å². The predicted molar refractivity (Wildman–Crippen MR) is 118 cm³/mol. The summed E-state index contributed by atoms with van der Waals surface area (Å²) in [4.78, 5) is 23.6. The van der Waals surface area contributed by atoms with E-state index in [2.05, 4.69) is 22.2 Å². The summed E-state index contributed by atoms with van der Waals surface area (Å²) in [6, 6.07) is 15.3. The van der Waals surface area contributed by atoms with Crippen molar-refractivity contribution in [1.82, 2.24) is 14.9 Å². The van der Waals surface area contributed by atoms with Gasteiger partial charge in [-0.05, 0) is 54.7 Å². The monoisotopic (exact) mass is 402 g/mol. The molecule has 2 heterocycles.